The van der Waals surface area contributed by atoms with Crippen molar-refractivity contribution < 1.29 is 23.9 Å². The van der Waals surface area contributed by atoms with Crippen LogP contribution in [0.1, 0.15) is 22.3 Å². The van der Waals surface area contributed by atoms with E-state index in [0.717, 1.165) is 35.5 Å². The Morgan fingerprint density at radius 2 is 1.95 bits per heavy atom. The topological polar surface area (TPSA) is 159 Å². The first-order valence-electron chi connectivity index (χ1n) is 12.0. The molecule has 12 heteroatoms. The molecule has 2 heterocycles. The predicted molar refractivity (Wildman–Crippen MR) is 136 cm³/mol. The minimum absolute atomic E-state index is 0.0368. The molecule has 1 aromatic heterocycles. The number of hydrogen-bond donors (Lipinski definition) is 5. The largest absolute Gasteiger partial charge is 0.464 e. The number of esters is 1. The van der Waals surface area contributed by atoms with Gasteiger partial charge in [0, 0.05) is 30.6 Å². The van der Waals surface area contributed by atoms with E-state index < -0.39 is 24.0 Å². The van der Waals surface area contributed by atoms with Crippen molar-refractivity contribution in [3.63, 3.8) is 0 Å². The van der Waals surface area contributed by atoms with Gasteiger partial charge in [-0.15, -0.1) is 0 Å². The quantitative estimate of drug-likeness (QED) is 0.190. The molecule has 0 bridgehead atoms. The fraction of sp³-hybridized carbons (Fsp3) is 0.320. The maximum atomic E-state index is 12.7. The Balaban J connectivity index is 1.29. The molecule has 4 rings (SSSR count). The van der Waals surface area contributed by atoms with Crippen LogP contribution < -0.4 is 21.3 Å². The first-order chi connectivity index (χ1) is 18.1. The Bertz CT molecular complexity index is 1240. The number of H-pyrrole nitrogens is 1. The highest BCUT2D eigenvalue weighted by atomic mass is 16.6. The summed E-state index contributed by atoms with van der Waals surface area (Å²) in [6, 6.07) is 13.1. The number of ether oxygens (including phenoxy) is 2. The van der Waals surface area contributed by atoms with Crippen molar-refractivity contribution in [2.75, 3.05) is 32.8 Å². The van der Waals surface area contributed by atoms with Gasteiger partial charge in [0.05, 0.1) is 24.9 Å². The van der Waals surface area contributed by atoms with Crippen LogP contribution >= 0.6 is 0 Å². The Kier molecular flexibility index (Phi) is 8.89. The highest BCUT2D eigenvalue weighted by Crippen LogP contribution is 2.12. The lowest BCUT2D eigenvalue weighted by Gasteiger charge is -2.18. The van der Waals surface area contributed by atoms with Crippen molar-refractivity contribution in [2.45, 2.75) is 19.1 Å². The molecule has 1 aliphatic heterocycles. The Labute approximate surface area is 213 Å². The third-order valence-electron chi connectivity index (χ3n) is 5.49. The monoisotopic (exact) mass is 507 g/mol. The number of benzene rings is 2. The first-order valence-corrected chi connectivity index (χ1v) is 12.0. The molecule has 2 aromatic carbocycles. The van der Waals surface area contributed by atoms with E-state index >= 15 is 0 Å². The maximum Gasteiger partial charge on any atom is 0.408 e. The van der Waals surface area contributed by atoms with Gasteiger partial charge in [-0.1, -0.05) is 30.3 Å². The van der Waals surface area contributed by atoms with E-state index in [1.807, 2.05) is 30.3 Å². The van der Waals surface area contributed by atoms with Crippen molar-refractivity contribution in [1.82, 2.24) is 31.5 Å². The average Bonchev–Trinajstić information content (AvgIpc) is 3.61. The molecule has 1 unspecified atom stereocenters. The molecule has 0 saturated carbocycles. The van der Waals surface area contributed by atoms with Crippen molar-refractivity contribution >= 4 is 34.8 Å². The van der Waals surface area contributed by atoms with Gasteiger partial charge in [0.25, 0.3) is 5.91 Å². The van der Waals surface area contributed by atoms with Gasteiger partial charge in [-0.05, 0) is 30.2 Å². The second-order valence-electron chi connectivity index (χ2n) is 8.25. The number of fused-ring (bicyclic) bond motifs is 1. The van der Waals surface area contributed by atoms with Gasteiger partial charge in [-0.2, -0.15) is 5.10 Å². The summed E-state index contributed by atoms with van der Waals surface area (Å²) in [6.07, 6.45) is 1.35. The summed E-state index contributed by atoms with van der Waals surface area (Å²) in [6.45, 7) is 2.07. The van der Waals surface area contributed by atoms with Gasteiger partial charge in [-0.3, -0.25) is 14.9 Å². The lowest BCUT2D eigenvalue weighted by atomic mass is 10.1. The summed E-state index contributed by atoms with van der Waals surface area (Å²) in [5.74, 6) is -0.365. The molecule has 0 aliphatic carbocycles. The molecule has 0 saturated heterocycles. The van der Waals surface area contributed by atoms with Crippen molar-refractivity contribution in [3.05, 3.63) is 65.9 Å². The number of carbonyl (C=O) groups excluding carboxylic acids is 3. The Morgan fingerprint density at radius 3 is 2.76 bits per heavy atom. The molecule has 5 N–H and O–H groups in total. The minimum Gasteiger partial charge on any atom is -0.464 e. The second-order valence-corrected chi connectivity index (χ2v) is 8.25. The number of carbonyl (C=O) groups is 3. The highest BCUT2D eigenvalue weighted by Gasteiger charge is 2.24. The summed E-state index contributed by atoms with van der Waals surface area (Å²) in [4.78, 5) is 42.1. The van der Waals surface area contributed by atoms with Crippen LogP contribution in [0.15, 0.2) is 59.7 Å². The van der Waals surface area contributed by atoms with Gasteiger partial charge in [0.1, 0.15) is 12.6 Å². The fourth-order valence-electron chi connectivity index (χ4n) is 3.55. The summed E-state index contributed by atoms with van der Waals surface area (Å²) in [7, 11) is 0. The number of aromatic amines is 1. The fourth-order valence-corrected chi connectivity index (χ4v) is 3.55. The molecule has 12 nitrogen and oxygen atoms in total. The molecule has 37 heavy (non-hydrogen) atoms. The maximum absolute atomic E-state index is 12.7. The molecule has 0 radical (unpaired) electrons. The van der Waals surface area contributed by atoms with Crippen LogP contribution in [-0.2, 0) is 20.9 Å². The third kappa shape index (κ3) is 7.69. The second kappa shape index (κ2) is 12.9. The summed E-state index contributed by atoms with van der Waals surface area (Å²) in [5.41, 5.74) is 1.99. The highest BCUT2D eigenvalue weighted by molar-refractivity contribution is 5.98. The zero-order valence-electron chi connectivity index (χ0n) is 20.2. The number of alkyl carbamates (subject to hydrolysis) is 1. The lowest BCUT2D eigenvalue weighted by Crippen LogP contribution is -2.49. The third-order valence-corrected chi connectivity index (χ3v) is 5.49. The van der Waals surface area contributed by atoms with Gasteiger partial charge < -0.3 is 30.7 Å². The van der Waals surface area contributed by atoms with Crippen molar-refractivity contribution in [1.29, 1.82) is 0 Å². The first kappa shape index (κ1) is 25.5. The summed E-state index contributed by atoms with van der Waals surface area (Å²) >= 11 is 0. The molecule has 3 aromatic rings. The number of amides is 2. The van der Waals surface area contributed by atoms with E-state index in [4.69, 9.17) is 9.47 Å². The van der Waals surface area contributed by atoms with Crippen LogP contribution in [0.2, 0.25) is 0 Å². The SMILES string of the molecule is O=C(NC(CNC(=O)c1ccc2[nH]ncc2c1)C(=O)OCCCNC1=NCCN1)OCc1ccccc1. The molecule has 0 fully saturated rings. The number of nitrogens with one attached hydrogen (secondary N) is 5. The molecular weight excluding hydrogens is 478 g/mol. The normalized spacial score (nSPS) is 13.2. The van der Waals surface area contributed by atoms with Gasteiger partial charge in [-0.25, -0.2) is 9.59 Å². The van der Waals surface area contributed by atoms with Crippen LogP contribution in [0.25, 0.3) is 10.9 Å². The van der Waals surface area contributed by atoms with Crippen LogP contribution in [0.4, 0.5) is 4.79 Å². The standard InChI is InChI=1S/C25H29N7O5/c33-22(18-7-8-20-19(13-18)14-30-32-20)29-15-21(31-25(35)37-16-17-5-2-1-3-6-17)23(34)36-12-4-9-26-24-27-10-11-28-24/h1-3,5-8,13-14,21H,4,9-12,15-16H2,(H,29,33)(H,30,32)(H,31,35)(H2,26,27,28). The minimum atomic E-state index is -1.14. The number of aliphatic imine (C=N–C) groups is 1. The van der Waals surface area contributed by atoms with Gasteiger partial charge >= 0.3 is 12.1 Å². The van der Waals surface area contributed by atoms with Crippen molar-refractivity contribution in [3.8, 4) is 0 Å². The number of hydrogen-bond acceptors (Lipinski definition) is 9. The summed E-state index contributed by atoms with van der Waals surface area (Å²) < 4.78 is 10.6. The van der Waals surface area contributed by atoms with E-state index in [2.05, 4.69) is 36.5 Å². The average molecular weight is 508 g/mol. The van der Waals surface area contributed by atoms with Crippen LogP contribution in [0.3, 0.4) is 0 Å². The van der Waals surface area contributed by atoms with E-state index in [1.54, 1.807) is 24.4 Å². The van der Waals surface area contributed by atoms with E-state index in [1.165, 1.54) is 0 Å². The summed E-state index contributed by atoms with van der Waals surface area (Å²) in [5, 5.41) is 18.9. The zero-order chi connectivity index (χ0) is 25.9. The van der Waals surface area contributed by atoms with Crippen LogP contribution in [0.5, 0.6) is 0 Å². The smallest absolute Gasteiger partial charge is 0.408 e. The lowest BCUT2D eigenvalue weighted by molar-refractivity contribution is -0.145. The molecule has 1 aliphatic rings. The number of guanidine groups is 1. The van der Waals surface area contributed by atoms with Crippen LogP contribution in [0, 0.1) is 0 Å². The van der Waals surface area contributed by atoms with E-state index in [-0.39, 0.29) is 19.8 Å². The van der Waals surface area contributed by atoms with Gasteiger partial charge in [0.15, 0.2) is 5.96 Å². The molecule has 2 amide bonds. The number of aromatic nitrogens is 2. The van der Waals surface area contributed by atoms with Crippen molar-refractivity contribution in [2.24, 2.45) is 4.99 Å². The number of rotatable bonds is 11. The Morgan fingerprint density at radius 1 is 1.08 bits per heavy atom. The molecular formula is C25H29N7O5. The van der Waals surface area contributed by atoms with E-state index in [0.29, 0.717) is 18.5 Å². The Hall–Kier alpha value is -4.61. The molecule has 0 spiro atoms. The predicted octanol–water partition coefficient (Wildman–Crippen LogP) is 1.07. The molecule has 194 valence electrons. The molecule has 1 atom stereocenters. The van der Waals surface area contributed by atoms with E-state index in [9.17, 15) is 14.4 Å². The number of nitrogens with zero attached hydrogens (tertiary/aromatic N) is 2. The van der Waals surface area contributed by atoms with Gasteiger partial charge in [0.2, 0.25) is 0 Å². The van der Waals surface area contributed by atoms with Crippen LogP contribution in [-0.4, -0.2) is 73.0 Å². The zero-order valence-corrected chi connectivity index (χ0v) is 20.2.